The highest BCUT2D eigenvalue weighted by atomic mass is 32.1. The van der Waals surface area contributed by atoms with Crippen molar-refractivity contribution in [3.05, 3.63) is 90.5 Å². The van der Waals surface area contributed by atoms with Crippen molar-refractivity contribution in [1.29, 1.82) is 0 Å². The quantitative estimate of drug-likeness (QED) is 0.297. The van der Waals surface area contributed by atoms with Crippen molar-refractivity contribution in [2.24, 2.45) is 0 Å². The third kappa shape index (κ3) is 4.48. The molecule has 4 nitrogen and oxygen atoms in total. The van der Waals surface area contributed by atoms with Gasteiger partial charge < -0.3 is 15.2 Å². The first-order valence-electron chi connectivity index (χ1n) is 8.20. The van der Waals surface area contributed by atoms with Crippen LogP contribution >= 0.6 is 12.2 Å². The molecule has 6 heteroatoms. The van der Waals surface area contributed by atoms with Crippen LogP contribution in [0, 0.1) is 5.82 Å². The van der Waals surface area contributed by atoms with Crippen LogP contribution in [0.4, 0.5) is 10.1 Å². The van der Waals surface area contributed by atoms with Gasteiger partial charge >= 0.3 is 0 Å². The van der Waals surface area contributed by atoms with Gasteiger partial charge in [-0.2, -0.15) is 4.57 Å². The lowest BCUT2D eigenvalue weighted by molar-refractivity contribution is -0.575. The zero-order valence-corrected chi connectivity index (χ0v) is 15.4. The highest BCUT2D eigenvalue weighted by Gasteiger charge is 2.23. The Labute approximate surface area is 162 Å². The first-order chi connectivity index (χ1) is 13.1. The summed E-state index contributed by atoms with van der Waals surface area (Å²) in [6.45, 7) is 0. The zero-order valence-electron chi connectivity index (χ0n) is 14.6. The van der Waals surface area contributed by atoms with Gasteiger partial charge in [-0.15, -0.1) is 0 Å². The average Bonchev–Trinajstić information content (AvgIpc) is 2.69. The zero-order chi connectivity index (χ0) is 19.2. The van der Waals surface area contributed by atoms with Crippen molar-refractivity contribution in [2.75, 3.05) is 12.4 Å². The van der Waals surface area contributed by atoms with Gasteiger partial charge in [0.15, 0.2) is 23.1 Å². The standard InChI is InChI=1S/C21H17FN2O2S/c1-26-18-7-5-6-17(14-18)23-21(27)19(24-12-3-2-4-13-24)20(25)15-8-10-16(22)11-9-15/h2-14H,1H3,(H-,23,25,27)/p+1. The molecule has 0 aliphatic rings. The second-order valence-corrected chi connectivity index (χ2v) is 6.08. The molecular weight excluding hydrogens is 363 g/mol. The summed E-state index contributed by atoms with van der Waals surface area (Å²) in [5.41, 5.74) is 1.55. The normalized spacial score (nSPS) is 11.5. The van der Waals surface area contributed by atoms with Gasteiger partial charge in [0.2, 0.25) is 0 Å². The molecule has 0 saturated heterocycles. The Morgan fingerprint density at radius 3 is 2.41 bits per heavy atom. The van der Waals surface area contributed by atoms with Crippen LogP contribution in [0.25, 0.3) is 11.5 Å². The molecule has 1 aromatic heterocycles. The number of hydrogen-bond acceptors (Lipinski definition) is 3. The maximum Gasteiger partial charge on any atom is 0.288 e. The largest absolute Gasteiger partial charge is 0.502 e. The molecule has 27 heavy (non-hydrogen) atoms. The number of aliphatic hydroxyl groups excluding tert-OH is 1. The molecule has 136 valence electrons. The van der Waals surface area contributed by atoms with E-state index >= 15 is 0 Å². The van der Waals surface area contributed by atoms with Crippen molar-refractivity contribution in [1.82, 2.24) is 0 Å². The van der Waals surface area contributed by atoms with E-state index in [4.69, 9.17) is 17.0 Å². The summed E-state index contributed by atoms with van der Waals surface area (Å²) in [6.07, 6.45) is 3.54. The number of ether oxygens (including phenoxy) is 1. The molecule has 2 N–H and O–H groups in total. The number of rotatable bonds is 5. The Bertz CT molecular complexity index is 973. The second kappa shape index (κ2) is 8.42. The fourth-order valence-electron chi connectivity index (χ4n) is 2.53. The van der Waals surface area contributed by atoms with E-state index in [2.05, 4.69) is 5.32 Å². The lowest BCUT2D eigenvalue weighted by Crippen LogP contribution is -2.38. The van der Waals surface area contributed by atoms with Gasteiger partial charge in [0, 0.05) is 29.4 Å². The van der Waals surface area contributed by atoms with Crippen molar-refractivity contribution in [3.63, 3.8) is 0 Å². The Kier molecular flexibility index (Phi) is 5.78. The molecular formula is C21H18FN2O2S+. The predicted molar refractivity (Wildman–Crippen MR) is 108 cm³/mol. The third-order valence-corrected chi connectivity index (χ3v) is 4.15. The summed E-state index contributed by atoms with van der Waals surface area (Å²) in [6, 6.07) is 18.4. The first kappa shape index (κ1) is 18.5. The second-order valence-electron chi connectivity index (χ2n) is 5.67. The predicted octanol–water partition coefficient (Wildman–Crippen LogP) is 4.45. The summed E-state index contributed by atoms with van der Waals surface area (Å²) in [5.74, 6) is 0.243. The summed E-state index contributed by atoms with van der Waals surface area (Å²) < 4.78 is 20.2. The fourth-order valence-corrected chi connectivity index (χ4v) is 2.85. The number of anilines is 1. The number of pyridine rings is 1. The molecule has 0 unspecified atom stereocenters. The summed E-state index contributed by atoms with van der Waals surface area (Å²) in [5, 5.41) is 14.0. The van der Waals surface area contributed by atoms with Gasteiger partial charge in [0.1, 0.15) is 11.6 Å². The topological polar surface area (TPSA) is 45.4 Å². The molecule has 0 fully saturated rings. The number of nitrogens with one attached hydrogen (secondary N) is 1. The van der Waals surface area contributed by atoms with Crippen molar-refractivity contribution < 1.29 is 18.8 Å². The molecule has 3 rings (SSSR count). The smallest absolute Gasteiger partial charge is 0.288 e. The Morgan fingerprint density at radius 1 is 1.04 bits per heavy atom. The molecule has 0 spiro atoms. The number of hydrogen-bond donors (Lipinski definition) is 2. The maximum atomic E-state index is 13.2. The third-order valence-electron chi connectivity index (χ3n) is 3.86. The lowest BCUT2D eigenvalue weighted by Gasteiger charge is -2.11. The Hall–Kier alpha value is -3.25. The number of thiocarbonyl (C=S) groups is 1. The average molecular weight is 381 g/mol. The van der Waals surface area contributed by atoms with E-state index in [9.17, 15) is 9.50 Å². The summed E-state index contributed by atoms with van der Waals surface area (Å²) in [7, 11) is 1.59. The molecule has 2 aromatic carbocycles. The molecule has 0 bridgehead atoms. The highest BCUT2D eigenvalue weighted by Crippen LogP contribution is 2.21. The van der Waals surface area contributed by atoms with E-state index in [0.29, 0.717) is 22.0 Å². The SMILES string of the molecule is COc1cccc(NC(=S)C(=C(O)c2ccc(F)cc2)[n+]2ccccc2)c1. The number of halogens is 1. The number of nitrogens with zero attached hydrogens (tertiary/aromatic N) is 1. The summed E-state index contributed by atoms with van der Waals surface area (Å²) in [4.78, 5) is 0.307. The van der Waals surface area contributed by atoms with Crippen molar-refractivity contribution in [3.8, 4) is 5.75 Å². The maximum absolute atomic E-state index is 13.2. The highest BCUT2D eigenvalue weighted by molar-refractivity contribution is 7.81. The van der Waals surface area contributed by atoms with Crippen LogP contribution in [0.15, 0.2) is 79.1 Å². The van der Waals surface area contributed by atoms with Gasteiger partial charge in [0.25, 0.3) is 5.70 Å². The number of methoxy groups -OCH3 is 1. The lowest BCUT2D eigenvalue weighted by atomic mass is 10.1. The van der Waals surface area contributed by atoms with Crippen LogP contribution in [0.1, 0.15) is 5.56 Å². The van der Waals surface area contributed by atoms with E-state index in [1.54, 1.807) is 30.1 Å². The van der Waals surface area contributed by atoms with Gasteiger partial charge in [-0.25, -0.2) is 4.39 Å². The van der Waals surface area contributed by atoms with Gasteiger partial charge in [-0.3, -0.25) is 0 Å². The van der Waals surface area contributed by atoms with E-state index < -0.39 is 0 Å². The molecule has 0 amide bonds. The molecule has 0 atom stereocenters. The number of aliphatic hydroxyl groups is 1. The molecule has 1 heterocycles. The van der Waals surface area contributed by atoms with Crippen LogP contribution < -0.4 is 14.6 Å². The number of benzene rings is 2. The van der Waals surface area contributed by atoms with Crippen LogP contribution in [0.3, 0.4) is 0 Å². The molecule has 0 radical (unpaired) electrons. The fraction of sp³-hybridized carbons (Fsp3) is 0.0476. The van der Waals surface area contributed by atoms with Gasteiger partial charge in [-0.05, 0) is 36.4 Å². The van der Waals surface area contributed by atoms with Crippen molar-refractivity contribution >= 4 is 34.3 Å². The summed E-state index contributed by atoms with van der Waals surface area (Å²) >= 11 is 5.56. The van der Waals surface area contributed by atoms with E-state index in [1.807, 2.05) is 36.4 Å². The minimum atomic E-state index is -0.377. The minimum absolute atomic E-state index is 0.0633. The van der Waals surface area contributed by atoms with Crippen molar-refractivity contribution in [2.45, 2.75) is 0 Å². The van der Waals surface area contributed by atoms with Gasteiger partial charge in [0.05, 0.1) is 7.11 Å². The van der Waals surface area contributed by atoms with Crippen LogP contribution in [0.2, 0.25) is 0 Å². The monoisotopic (exact) mass is 381 g/mol. The van der Waals surface area contributed by atoms with E-state index in [1.165, 1.54) is 24.3 Å². The van der Waals surface area contributed by atoms with Crippen LogP contribution in [-0.4, -0.2) is 17.2 Å². The van der Waals surface area contributed by atoms with Crippen LogP contribution in [0.5, 0.6) is 5.75 Å². The van der Waals surface area contributed by atoms with Crippen LogP contribution in [-0.2, 0) is 0 Å². The Balaban J connectivity index is 2.03. The molecule has 3 aromatic rings. The Morgan fingerprint density at radius 2 is 1.74 bits per heavy atom. The molecule has 0 aliphatic carbocycles. The molecule has 0 saturated carbocycles. The molecule has 0 aliphatic heterocycles. The minimum Gasteiger partial charge on any atom is -0.502 e. The number of aromatic nitrogens is 1. The van der Waals surface area contributed by atoms with Gasteiger partial charge in [-0.1, -0.05) is 24.4 Å². The first-order valence-corrected chi connectivity index (χ1v) is 8.60. The van der Waals surface area contributed by atoms with E-state index in [0.717, 1.165) is 5.69 Å². The van der Waals surface area contributed by atoms with E-state index in [-0.39, 0.29) is 11.6 Å².